The van der Waals surface area contributed by atoms with Gasteiger partial charge in [0.05, 0.1) is 12.6 Å². The Bertz CT molecular complexity index is 485. The molecule has 0 aliphatic heterocycles. The van der Waals surface area contributed by atoms with Crippen LogP contribution in [-0.2, 0) is 6.61 Å². The third-order valence-electron chi connectivity index (χ3n) is 2.75. The molecule has 3 nitrogen and oxygen atoms in total. The Morgan fingerprint density at radius 3 is 2.39 bits per heavy atom. The Kier molecular flexibility index (Phi) is 4.34. The second-order valence-corrected chi connectivity index (χ2v) is 4.10. The summed E-state index contributed by atoms with van der Waals surface area (Å²) in [7, 11) is 0. The molecule has 2 aromatic carbocycles. The first kappa shape index (κ1) is 12.6. The van der Waals surface area contributed by atoms with Crippen molar-refractivity contribution in [2.45, 2.75) is 12.6 Å². The SMILES string of the molecule is NC(CO)c1ccccc1OCc1ccccc1. The smallest absolute Gasteiger partial charge is 0.124 e. The van der Waals surface area contributed by atoms with Crippen LogP contribution in [0.4, 0.5) is 0 Å². The van der Waals surface area contributed by atoms with Gasteiger partial charge in [-0.25, -0.2) is 0 Å². The number of benzene rings is 2. The van der Waals surface area contributed by atoms with E-state index in [-0.39, 0.29) is 6.61 Å². The van der Waals surface area contributed by atoms with Gasteiger partial charge in [-0.2, -0.15) is 0 Å². The van der Waals surface area contributed by atoms with E-state index in [1.807, 2.05) is 54.6 Å². The lowest BCUT2D eigenvalue weighted by molar-refractivity contribution is 0.257. The maximum absolute atomic E-state index is 9.12. The second-order valence-electron chi connectivity index (χ2n) is 4.10. The van der Waals surface area contributed by atoms with Crippen LogP contribution >= 0.6 is 0 Å². The molecule has 0 aliphatic rings. The molecule has 0 aromatic heterocycles. The highest BCUT2D eigenvalue weighted by Gasteiger charge is 2.10. The van der Waals surface area contributed by atoms with Gasteiger partial charge in [-0.05, 0) is 11.6 Å². The molecule has 0 amide bonds. The number of hydrogen-bond acceptors (Lipinski definition) is 3. The number of hydrogen-bond donors (Lipinski definition) is 2. The predicted molar refractivity (Wildman–Crippen MR) is 71.2 cm³/mol. The molecule has 94 valence electrons. The summed E-state index contributed by atoms with van der Waals surface area (Å²) < 4.78 is 5.76. The van der Waals surface area contributed by atoms with Crippen LogP contribution in [0.3, 0.4) is 0 Å². The third-order valence-corrected chi connectivity index (χ3v) is 2.75. The average molecular weight is 243 g/mol. The van der Waals surface area contributed by atoms with Gasteiger partial charge in [-0.15, -0.1) is 0 Å². The van der Waals surface area contributed by atoms with Crippen LogP contribution in [-0.4, -0.2) is 11.7 Å². The highest BCUT2D eigenvalue weighted by molar-refractivity contribution is 5.36. The number of nitrogens with two attached hydrogens (primary N) is 1. The molecule has 0 spiro atoms. The number of aliphatic hydroxyl groups is 1. The molecule has 0 aliphatic carbocycles. The normalized spacial score (nSPS) is 12.1. The van der Waals surface area contributed by atoms with Gasteiger partial charge in [0.2, 0.25) is 0 Å². The molecule has 3 heteroatoms. The van der Waals surface area contributed by atoms with E-state index in [0.29, 0.717) is 6.61 Å². The zero-order valence-corrected chi connectivity index (χ0v) is 10.1. The van der Waals surface area contributed by atoms with Gasteiger partial charge in [-0.3, -0.25) is 0 Å². The molecule has 1 atom stereocenters. The van der Waals surface area contributed by atoms with Crippen molar-refractivity contribution in [2.24, 2.45) is 5.73 Å². The van der Waals surface area contributed by atoms with Crippen LogP contribution in [0.2, 0.25) is 0 Å². The predicted octanol–water partition coefficient (Wildman–Crippen LogP) is 2.26. The van der Waals surface area contributed by atoms with Crippen LogP contribution < -0.4 is 10.5 Å². The summed E-state index contributed by atoms with van der Waals surface area (Å²) in [5.41, 5.74) is 7.77. The quantitative estimate of drug-likeness (QED) is 0.847. The van der Waals surface area contributed by atoms with Crippen molar-refractivity contribution in [1.29, 1.82) is 0 Å². The van der Waals surface area contributed by atoms with E-state index in [2.05, 4.69) is 0 Å². The third kappa shape index (κ3) is 3.09. The van der Waals surface area contributed by atoms with E-state index in [0.717, 1.165) is 16.9 Å². The number of ether oxygens (including phenoxy) is 1. The van der Waals surface area contributed by atoms with Crippen LogP contribution in [0.5, 0.6) is 5.75 Å². The fraction of sp³-hybridized carbons (Fsp3) is 0.200. The van der Waals surface area contributed by atoms with Gasteiger partial charge < -0.3 is 15.6 Å². The fourth-order valence-electron chi connectivity index (χ4n) is 1.75. The molecular weight excluding hydrogens is 226 g/mol. The molecule has 0 radical (unpaired) electrons. The van der Waals surface area contributed by atoms with Crippen LogP contribution in [0.15, 0.2) is 54.6 Å². The summed E-state index contributed by atoms with van der Waals surface area (Å²) in [5.74, 6) is 0.725. The summed E-state index contributed by atoms with van der Waals surface area (Å²) in [6, 6.07) is 17.1. The van der Waals surface area contributed by atoms with Crippen molar-refractivity contribution in [2.75, 3.05) is 6.61 Å². The monoisotopic (exact) mass is 243 g/mol. The maximum atomic E-state index is 9.12. The molecule has 0 fully saturated rings. The number of rotatable bonds is 5. The zero-order valence-electron chi connectivity index (χ0n) is 10.1. The molecule has 0 bridgehead atoms. The minimum Gasteiger partial charge on any atom is -0.489 e. The lowest BCUT2D eigenvalue weighted by Crippen LogP contribution is -2.15. The zero-order chi connectivity index (χ0) is 12.8. The Morgan fingerprint density at radius 1 is 1.00 bits per heavy atom. The van der Waals surface area contributed by atoms with E-state index in [1.165, 1.54) is 0 Å². The van der Waals surface area contributed by atoms with E-state index < -0.39 is 6.04 Å². The van der Waals surface area contributed by atoms with Crippen molar-refractivity contribution in [3.05, 3.63) is 65.7 Å². The number of para-hydroxylation sites is 1. The molecule has 18 heavy (non-hydrogen) atoms. The fourth-order valence-corrected chi connectivity index (χ4v) is 1.75. The molecule has 2 aromatic rings. The van der Waals surface area contributed by atoms with Gasteiger partial charge in [0.25, 0.3) is 0 Å². The Hall–Kier alpha value is -1.84. The summed E-state index contributed by atoms with van der Waals surface area (Å²) >= 11 is 0. The maximum Gasteiger partial charge on any atom is 0.124 e. The van der Waals surface area contributed by atoms with Crippen molar-refractivity contribution < 1.29 is 9.84 Å². The molecular formula is C15H17NO2. The molecule has 3 N–H and O–H groups in total. The summed E-state index contributed by atoms with van der Waals surface area (Å²) in [6.07, 6.45) is 0. The van der Waals surface area contributed by atoms with Crippen LogP contribution in [0.25, 0.3) is 0 Å². The summed E-state index contributed by atoms with van der Waals surface area (Å²) in [5, 5.41) is 9.12. The average Bonchev–Trinajstić information content (AvgIpc) is 2.45. The van der Waals surface area contributed by atoms with Gasteiger partial charge in [0, 0.05) is 5.56 Å². The first-order chi connectivity index (χ1) is 8.81. The first-order valence-corrected chi connectivity index (χ1v) is 5.93. The molecule has 0 heterocycles. The lowest BCUT2D eigenvalue weighted by atomic mass is 10.1. The van der Waals surface area contributed by atoms with E-state index in [9.17, 15) is 0 Å². The topological polar surface area (TPSA) is 55.5 Å². The van der Waals surface area contributed by atoms with Gasteiger partial charge in [0.1, 0.15) is 12.4 Å². The minimum atomic E-state index is -0.406. The molecule has 0 saturated carbocycles. The molecule has 1 unspecified atom stereocenters. The first-order valence-electron chi connectivity index (χ1n) is 5.93. The van der Waals surface area contributed by atoms with Crippen LogP contribution in [0.1, 0.15) is 17.2 Å². The standard InChI is InChI=1S/C15H17NO2/c16-14(10-17)13-8-4-5-9-15(13)18-11-12-6-2-1-3-7-12/h1-9,14,17H,10-11,16H2. The van der Waals surface area contributed by atoms with Crippen molar-refractivity contribution >= 4 is 0 Å². The van der Waals surface area contributed by atoms with E-state index >= 15 is 0 Å². The van der Waals surface area contributed by atoms with Crippen molar-refractivity contribution in [3.63, 3.8) is 0 Å². The Balaban J connectivity index is 2.10. The van der Waals surface area contributed by atoms with E-state index in [1.54, 1.807) is 0 Å². The lowest BCUT2D eigenvalue weighted by Gasteiger charge is -2.15. The van der Waals surface area contributed by atoms with Gasteiger partial charge in [0.15, 0.2) is 0 Å². The highest BCUT2D eigenvalue weighted by Crippen LogP contribution is 2.24. The van der Waals surface area contributed by atoms with Crippen LogP contribution in [0, 0.1) is 0 Å². The summed E-state index contributed by atoms with van der Waals surface area (Å²) in [6.45, 7) is 0.404. The van der Waals surface area contributed by atoms with Crippen molar-refractivity contribution in [3.8, 4) is 5.75 Å². The number of aliphatic hydroxyl groups excluding tert-OH is 1. The van der Waals surface area contributed by atoms with Crippen molar-refractivity contribution in [1.82, 2.24) is 0 Å². The van der Waals surface area contributed by atoms with Gasteiger partial charge in [-0.1, -0.05) is 48.5 Å². The minimum absolute atomic E-state index is 0.0916. The second kappa shape index (κ2) is 6.19. The molecule has 0 saturated heterocycles. The highest BCUT2D eigenvalue weighted by atomic mass is 16.5. The summed E-state index contributed by atoms with van der Waals surface area (Å²) in [4.78, 5) is 0. The Morgan fingerprint density at radius 2 is 1.67 bits per heavy atom. The molecule has 2 rings (SSSR count). The Labute approximate surface area is 107 Å². The van der Waals surface area contributed by atoms with Gasteiger partial charge >= 0.3 is 0 Å². The largest absolute Gasteiger partial charge is 0.489 e. The van der Waals surface area contributed by atoms with E-state index in [4.69, 9.17) is 15.6 Å².